The van der Waals surface area contributed by atoms with E-state index < -0.39 is 6.08 Å². The first kappa shape index (κ1) is 10.9. The first-order valence-electron chi connectivity index (χ1n) is 5.44. The first-order valence-corrected chi connectivity index (χ1v) is 5.44. The molecule has 0 aliphatic heterocycles. The second kappa shape index (κ2) is 4.08. The zero-order valence-electron chi connectivity index (χ0n) is 9.44. The van der Waals surface area contributed by atoms with Crippen LogP contribution in [0.4, 0.5) is 10.2 Å². The van der Waals surface area contributed by atoms with Gasteiger partial charge in [0.05, 0.1) is 0 Å². The van der Waals surface area contributed by atoms with Crippen molar-refractivity contribution in [1.29, 1.82) is 0 Å². The summed E-state index contributed by atoms with van der Waals surface area (Å²) in [5, 5.41) is 3.76. The number of hydrogen-bond donors (Lipinski definition) is 1. The predicted octanol–water partition coefficient (Wildman–Crippen LogP) is 2.35. The summed E-state index contributed by atoms with van der Waals surface area (Å²) in [5.41, 5.74) is 7.28. The van der Waals surface area contributed by atoms with Crippen molar-refractivity contribution in [3.63, 3.8) is 0 Å². The molecule has 1 atom stereocenters. The van der Waals surface area contributed by atoms with Crippen LogP contribution >= 0.6 is 0 Å². The third-order valence-electron chi connectivity index (χ3n) is 2.77. The van der Waals surface area contributed by atoms with Crippen LogP contribution in [0.25, 0.3) is 5.52 Å². The maximum Gasteiger partial charge on any atom is 0.327 e. The van der Waals surface area contributed by atoms with E-state index >= 15 is 0 Å². The third kappa shape index (κ3) is 1.73. The van der Waals surface area contributed by atoms with E-state index in [1.165, 1.54) is 0 Å². The highest BCUT2D eigenvalue weighted by molar-refractivity contribution is 5.65. The highest BCUT2D eigenvalue weighted by atomic mass is 19.1. The van der Waals surface area contributed by atoms with E-state index in [4.69, 9.17) is 5.73 Å². The minimum absolute atomic E-state index is 0.183. The summed E-state index contributed by atoms with van der Waals surface area (Å²) in [5.74, 6) is 0.517. The van der Waals surface area contributed by atoms with Crippen LogP contribution in [0.2, 0.25) is 0 Å². The summed E-state index contributed by atoms with van der Waals surface area (Å²) >= 11 is 0. The maximum atomic E-state index is 13.1. The van der Waals surface area contributed by atoms with Crippen LogP contribution in [-0.2, 0) is 0 Å². The number of nitrogen functional groups attached to an aromatic ring is 1. The molecule has 16 heavy (non-hydrogen) atoms. The number of halogens is 1. The molecule has 2 N–H and O–H groups in total. The number of nitrogens with two attached hydrogens (primary N) is 1. The summed E-state index contributed by atoms with van der Waals surface area (Å²) in [6, 6.07) is 3.76. The largest absolute Gasteiger partial charge is 0.382 e. The number of anilines is 1. The second-order valence-electron chi connectivity index (χ2n) is 4.01. The molecular formula is C11H15FN4. The molecule has 2 aromatic heterocycles. The van der Waals surface area contributed by atoms with Crippen molar-refractivity contribution in [3.05, 3.63) is 23.9 Å². The Morgan fingerprint density at radius 3 is 2.94 bits per heavy atom. The molecule has 1 unspecified atom stereocenters. The van der Waals surface area contributed by atoms with Gasteiger partial charge in [-0.3, -0.25) is 0 Å². The highest BCUT2D eigenvalue weighted by Gasteiger charge is 2.13. The molecule has 0 spiro atoms. The molecule has 0 fully saturated rings. The van der Waals surface area contributed by atoms with Crippen molar-refractivity contribution in [1.82, 2.24) is 14.6 Å². The minimum atomic E-state index is -0.786. The second-order valence-corrected chi connectivity index (χ2v) is 4.01. The highest BCUT2D eigenvalue weighted by Crippen LogP contribution is 2.24. The lowest BCUT2D eigenvalue weighted by Crippen LogP contribution is -2.07. The Morgan fingerprint density at radius 1 is 1.50 bits per heavy atom. The Hall–Kier alpha value is -1.65. The van der Waals surface area contributed by atoms with Gasteiger partial charge in [-0.25, -0.2) is 4.52 Å². The molecular weight excluding hydrogens is 207 g/mol. The lowest BCUT2D eigenvalue weighted by Gasteiger charge is -2.09. The standard InChI is InChI=1S/C11H15FN4/c1-3-4-7(2)8-5-6-9-10(13)14-11(12)15-16(8)9/h5-7H,3-4H2,1-2H3,(H2,13,14,15). The van der Waals surface area contributed by atoms with Crippen molar-refractivity contribution >= 4 is 11.3 Å². The van der Waals surface area contributed by atoms with Gasteiger partial charge < -0.3 is 5.73 Å². The van der Waals surface area contributed by atoms with Gasteiger partial charge in [0.15, 0.2) is 5.82 Å². The SMILES string of the molecule is CCCC(C)c1ccc2c(N)nc(F)nn12. The molecule has 0 saturated heterocycles. The Kier molecular flexibility index (Phi) is 2.77. The van der Waals surface area contributed by atoms with Crippen LogP contribution in [0.5, 0.6) is 0 Å². The van der Waals surface area contributed by atoms with Gasteiger partial charge in [-0.2, -0.15) is 9.37 Å². The fourth-order valence-electron chi connectivity index (χ4n) is 1.97. The van der Waals surface area contributed by atoms with Crippen molar-refractivity contribution < 1.29 is 4.39 Å². The molecule has 4 nitrogen and oxygen atoms in total. The number of aromatic nitrogens is 3. The van der Waals surface area contributed by atoms with E-state index in [0.717, 1.165) is 18.5 Å². The molecule has 0 aliphatic carbocycles. The Labute approximate surface area is 93.3 Å². The summed E-state index contributed by atoms with van der Waals surface area (Å²) in [4.78, 5) is 3.50. The molecule has 0 saturated carbocycles. The number of rotatable bonds is 3. The topological polar surface area (TPSA) is 56.2 Å². The van der Waals surface area contributed by atoms with Gasteiger partial charge in [-0.1, -0.05) is 20.3 Å². The molecule has 5 heteroatoms. The molecule has 2 aromatic rings. The van der Waals surface area contributed by atoms with Crippen LogP contribution in [0, 0.1) is 6.08 Å². The van der Waals surface area contributed by atoms with E-state index in [1.807, 2.05) is 12.1 Å². The molecule has 0 amide bonds. The fraction of sp³-hybridized carbons (Fsp3) is 0.455. The van der Waals surface area contributed by atoms with Crippen LogP contribution in [-0.4, -0.2) is 14.6 Å². The molecule has 0 bridgehead atoms. The number of hydrogen-bond acceptors (Lipinski definition) is 3. The van der Waals surface area contributed by atoms with E-state index in [9.17, 15) is 4.39 Å². The molecule has 86 valence electrons. The lowest BCUT2D eigenvalue weighted by molar-refractivity contribution is 0.504. The number of nitrogens with zero attached hydrogens (tertiary/aromatic N) is 3. The van der Waals surface area contributed by atoms with Crippen molar-refractivity contribution in [2.45, 2.75) is 32.6 Å². The first-order chi connectivity index (χ1) is 7.63. The van der Waals surface area contributed by atoms with Crippen LogP contribution in [0.3, 0.4) is 0 Å². The Balaban J connectivity index is 2.55. The molecule has 2 rings (SSSR count). The zero-order valence-corrected chi connectivity index (χ0v) is 9.44. The van der Waals surface area contributed by atoms with Gasteiger partial charge in [0.2, 0.25) is 0 Å². The van der Waals surface area contributed by atoms with E-state index in [2.05, 4.69) is 23.9 Å². The molecule has 2 heterocycles. The monoisotopic (exact) mass is 222 g/mol. The number of fused-ring (bicyclic) bond motifs is 1. The van der Waals surface area contributed by atoms with E-state index in [-0.39, 0.29) is 5.82 Å². The molecule has 0 aliphatic rings. The summed E-state index contributed by atoms with van der Waals surface area (Å²) in [6.45, 7) is 4.22. The molecule has 0 radical (unpaired) electrons. The lowest BCUT2D eigenvalue weighted by atomic mass is 10.0. The Bertz CT molecular complexity index is 506. The average Bonchev–Trinajstić information content (AvgIpc) is 2.61. The average molecular weight is 222 g/mol. The third-order valence-corrected chi connectivity index (χ3v) is 2.77. The van der Waals surface area contributed by atoms with Crippen LogP contribution in [0.1, 0.15) is 38.3 Å². The van der Waals surface area contributed by atoms with Gasteiger partial charge in [-0.15, -0.1) is 5.10 Å². The zero-order chi connectivity index (χ0) is 11.7. The van der Waals surface area contributed by atoms with E-state index in [1.54, 1.807) is 4.52 Å². The maximum absolute atomic E-state index is 13.1. The van der Waals surface area contributed by atoms with Crippen molar-refractivity contribution in [2.75, 3.05) is 5.73 Å². The summed E-state index contributed by atoms with van der Waals surface area (Å²) in [6.07, 6.45) is 1.33. The summed E-state index contributed by atoms with van der Waals surface area (Å²) in [7, 11) is 0. The molecule has 0 aromatic carbocycles. The van der Waals surface area contributed by atoms with Crippen LogP contribution in [0.15, 0.2) is 12.1 Å². The van der Waals surface area contributed by atoms with Gasteiger partial charge in [-0.05, 0) is 24.5 Å². The summed E-state index contributed by atoms with van der Waals surface area (Å²) < 4.78 is 14.6. The van der Waals surface area contributed by atoms with E-state index in [0.29, 0.717) is 11.4 Å². The smallest absolute Gasteiger partial charge is 0.327 e. The quantitative estimate of drug-likeness (QED) is 0.867. The van der Waals surface area contributed by atoms with Gasteiger partial charge in [0.1, 0.15) is 5.52 Å². The van der Waals surface area contributed by atoms with Gasteiger partial charge >= 0.3 is 6.08 Å². The van der Waals surface area contributed by atoms with Gasteiger partial charge in [0, 0.05) is 5.69 Å². The fourth-order valence-corrected chi connectivity index (χ4v) is 1.97. The van der Waals surface area contributed by atoms with Crippen molar-refractivity contribution in [2.24, 2.45) is 0 Å². The van der Waals surface area contributed by atoms with Crippen molar-refractivity contribution in [3.8, 4) is 0 Å². The van der Waals surface area contributed by atoms with Gasteiger partial charge in [0.25, 0.3) is 0 Å². The normalized spacial score (nSPS) is 13.2. The van der Waals surface area contributed by atoms with Crippen LogP contribution < -0.4 is 5.73 Å². The predicted molar refractivity (Wildman–Crippen MR) is 60.7 cm³/mol. The minimum Gasteiger partial charge on any atom is -0.382 e. The Morgan fingerprint density at radius 2 is 2.25 bits per heavy atom.